The number of aromatic nitrogens is 2. The molecule has 4 aromatic rings. The molecule has 1 aliphatic carbocycles. The largest absolute Gasteiger partial charge is 0.477 e. The minimum Gasteiger partial charge on any atom is -0.477 e. The highest BCUT2D eigenvalue weighted by Gasteiger charge is 2.39. The number of carboxylic acids is 1. The molecule has 1 saturated carbocycles. The smallest absolute Gasteiger partial charge is 0.354 e. The maximum absolute atomic E-state index is 14.3. The number of carbonyl (C=O) groups excluding carboxylic acids is 2. The van der Waals surface area contributed by atoms with E-state index in [-0.39, 0.29) is 35.1 Å². The number of aromatic carboxylic acids is 1. The van der Waals surface area contributed by atoms with Gasteiger partial charge >= 0.3 is 5.97 Å². The SMILES string of the molecule is CCNS(=O)(=O)c1ccc(Oc2ccccc2C2CCCCC2)c(NC(=O)C(C(=O)N2CCc3ccccc32)n2nccc2C(=O)O)c1. The number of ether oxygens (including phenoxy) is 1. The summed E-state index contributed by atoms with van der Waals surface area (Å²) in [6, 6.07) is 18.5. The van der Waals surface area contributed by atoms with Crippen molar-refractivity contribution in [2.45, 2.75) is 62.3 Å². The lowest BCUT2D eigenvalue weighted by molar-refractivity contribution is -0.130. The topological polar surface area (TPSA) is 160 Å². The highest BCUT2D eigenvalue weighted by molar-refractivity contribution is 7.89. The van der Waals surface area contributed by atoms with Crippen LogP contribution in [0, 0.1) is 0 Å². The number of hydrogen-bond acceptors (Lipinski definition) is 7. The van der Waals surface area contributed by atoms with E-state index in [2.05, 4.69) is 15.1 Å². The molecule has 0 saturated heterocycles. The van der Waals surface area contributed by atoms with Crippen LogP contribution in [0.25, 0.3) is 0 Å². The number of carbonyl (C=O) groups is 3. The van der Waals surface area contributed by atoms with Crippen LogP contribution >= 0.6 is 0 Å². The zero-order valence-electron chi connectivity index (χ0n) is 26.5. The number of nitrogens with zero attached hydrogens (tertiary/aromatic N) is 3. The number of para-hydroxylation sites is 2. The van der Waals surface area contributed by atoms with Crippen LogP contribution in [-0.4, -0.2) is 54.2 Å². The van der Waals surface area contributed by atoms with Crippen LogP contribution in [0.15, 0.2) is 83.9 Å². The van der Waals surface area contributed by atoms with Crippen LogP contribution in [0.2, 0.25) is 0 Å². The summed E-state index contributed by atoms with van der Waals surface area (Å²) in [5.74, 6) is -1.96. The molecule has 2 amide bonds. The van der Waals surface area contributed by atoms with Gasteiger partial charge in [-0.2, -0.15) is 5.10 Å². The Balaban J connectivity index is 1.40. The lowest BCUT2D eigenvalue weighted by atomic mass is 9.84. The Bertz CT molecular complexity index is 1950. The second-order valence-electron chi connectivity index (χ2n) is 11.9. The summed E-state index contributed by atoms with van der Waals surface area (Å²) in [6.45, 7) is 2.08. The summed E-state index contributed by atoms with van der Waals surface area (Å²) in [7, 11) is -3.96. The molecule has 12 nitrogen and oxygen atoms in total. The number of fused-ring (bicyclic) bond motifs is 1. The van der Waals surface area contributed by atoms with Crippen molar-refractivity contribution >= 4 is 39.2 Å². The zero-order chi connectivity index (χ0) is 33.8. The molecule has 6 rings (SSSR count). The van der Waals surface area contributed by atoms with Gasteiger partial charge in [-0.1, -0.05) is 62.6 Å². The molecule has 3 aromatic carbocycles. The lowest BCUT2D eigenvalue weighted by Gasteiger charge is -2.26. The van der Waals surface area contributed by atoms with Crippen molar-refractivity contribution in [2.24, 2.45) is 0 Å². The van der Waals surface area contributed by atoms with Gasteiger partial charge in [-0.05, 0) is 72.7 Å². The van der Waals surface area contributed by atoms with Crippen LogP contribution in [-0.2, 0) is 26.0 Å². The molecule has 2 aliphatic rings. The van der Waals surface area contributed by atoms with Crippen LogP contribution in [0.4, 0.5) is 11.4 Å². The first-order chi connectivity index (χ1) is 23.2. The summed E-state index contributed by atoms with van der Waals surface area (Å²) in [5, 5.41) is 16.7. The predicted octanol–water partition coefficient (Wildman–Crippen LogP) is 5.49. The number of nitrogens with one attached hydrogen (secondary N) is 2. The molecule has 0 spiro atoms. The van der Waals surface area contributed by atoms with E-state index in [4.69, 9.17) is 4.74 Å². The fraction of sp³-hybridized carbons (Fsp3) is 0.314. The third-order valence-corrected chi connectivity index (χ3v) is 10.4. The van der Waals surface area contributed by atoms with E-state index in [0.29, 0.717) is 23.8 Å². The molecule has 48 heavy (non-hydrogen) atoms. The number of amides is 2. The van der Waals surface area contributed by atoms with E-state index in [0.717, 1.165) is 41.5 Å². The Morgan fingerprint density at radius 3 is 2.50 bits per heavy atom. The number of sulfonamides is 1. The lowest BCUT2D eigenvalue weighted by Crippen LogP contribution is -2.43. The first-order valence-corrected chi connectivity index (χ1v) is 17.5. The van der Waals surface area contributed by atoms with Crippen LogP contribution in [0.5, 0.6) is 11.5 Å². The number of benzene rings is 3. The van der Waals surface area contributed by atoms with Gasteiger partial charge in [0.05, 0.1) is 10.6 Å². The van der Waals surface area contributed by atoms with E-state index < -0.39 is 33.8 Å². The van der Waals surface area contributed by atoms with Gasteiger partial charge in [0.15, 0.2) is 5.75 Å². The Morgan fingerprint density at radius 1 is 0.979 bits per heavy atom. The zero-order valence-corrected chi connectivity index (χ0v) is 27.3. The first kappa shape index (κ1) is 32.9. The predicted molar refractivity (Wildman–Crippen MR) is 179 cm³/mol. The fourth-order valence-electron chi connectivity index (χ4n) is 6.51. The standard InChI is InChI=1S/C35H37N5O7S/c1-2-37-48(45,46)25-16-17-31(47-30-15-9-7-13-26(30)23-10-4-3-5-11-23)27(22-25)38-33(41)32(40-29(35(43)44)18-20-36-40)34(42)39-21-19-24-12-6-8-14-28(24)39/h6-9,12-18,20,22-23,32,37H,2-5,10-11,19,21H2,1H3,(H,38,41)(H,43,44). The molecule has 0 bridgehead atoms. The molecule has 250 valence electrons. The minimum atomic E-state index is -3.96. The van der Waals surface area contributed by atoms with E-state index in [1.54, 1.807) is 19.1 Å². The average molecular weight is 672 g/mol. The fourth-order valence-corrected chi connectivity index (χ4v) is 7.58. The highest BCUT2D eigenvalue weighted by atomic mass is 32.2. The van der Waals surface area contributed by atoms with E-state index >= 15 is 0 Å². The van der Waals surface area contributed by atoms with Crippen LogP contribution < -0.4 is 19.7 Å². The monoisotopic (exact) mass is 671 g/mol. The summed E-state index contributed by atoms with van der Waals surface area (Å²) < 4.78 is 35.8. The molecular formula is C35H37N5O7S. The van der Waals surface area contributed by atoms with E-state index in [1.165, 1.54) is 41.8 Å². The second kappa shape index (κ2) is 14.0. The van der Waals surface area contributed by atoms with E-state index in [1.807, 2.05) is 36.4 Å². The number of rotatable bonds is 11. The second-order valence-corrected chi connectivity index (χ2v) is 13.6. The Hall–Kier alpha value is -5.01. The molecule has 13 heteroatoms. The van der Waals surface area contributed by atoms with Crippen molar-refractivity contribution < 1.29 is 32.6 Å². The first-order valence-electron chi connectivity index (χ1n) is 16.1. The molecule has 1 atom stereocenters. The maximum atomic E-state index is 14.3. The van der Waals surface area contributed by atoms with Gasteiger partial charge in [0.1, 0.15) is 11.4 Å². The van der Waals surface area contributed by atoms with Gasteiger partial charge in [-0.15, -0.1) is 0 Å². The van der Waals surface area contributed by atoms with Gasteiger partial charge in [0.2, 0.25) is 16.1 Å². The van der Waals surface area contributed by atoms with Crippen molar-refractivity contribution in [1.29, 1.82) is 0 Å². The third kappa shape index (κ3) is 6.69. The Labute approximate surface area is 278 Å². The summed E-state index contributed by atoms with van der Waals surface area (Å²) in [4.78, 5) is 41.9. The molecule has 0 radical (unpaired) electrons. The quantitative estimate of drug-likeness (QED) is 0.177. The van der Waals surface area contributed by atoms with Crippen molar-refractivity contribution in [3.8, 4) is 11.5 Å². The van der Waals surface area contributed by atoms with E-state index in [9.17, 15) is 27.9 Å². The van der Waals surface area contributed by atoms with Crippen molar-refractivity contribution in [1.82, 2.24) is 14.5 Å². The average Bonchev–Trinajstić information content (AvgIpc) is 3.74. The molecule has 1 unspecified atom stereocenters. The highest BCUT2D eigenvalue weighted by Crippen LogP contribution is 2.41. The Morgan fingerprint density at radius 2 is 1.73 bits per heavy atom. The molecular weight excluding hydrogens is 634 g/mol. The number of hydrogen-bond donors (Lipinski definition) is 3. The Kier molecular flexibility index (Phi) is 9.60. The summed E-state index contributed by atoms with van der Waals surface area (Å²) >= 11 is 0. The van der Waals surface area contributed by atoms with Crippen LogP contribution in [0.3, 0.4) is 0 Å². The summed E-state index contributed by atoms with van der Waals surface area (Å²) in [6.07, 6.45) is 7.20. The van der Waals surface area contributed by atoms with Gasteiger partial charge in [0.25, 0.3) is 11.8 Å². The maximum Gasteiger partial charge on any atom is 0.354 e. The molecule has 3 N–H and O–H groups in total. The van der Waals surface area contributed by atoms with Crippen molar-refractivity contribution in [3.05, 3.63) is 95.8 Å². The molecule has 2 heterocycles. The van der Waals surface area contributed by atoms with Crippen molar-refractivity contribution in [2.75, 3.05) is 23.3 Å². The molecule has 1 aromatic heterocycles. The van der Waals surface area contributed by atoms with Gasteiger partial charge in [0, 0.05) is 25.0 Å². The van der Waals surface area contributed by atoms with Gasteiger partial charge in [-0.3, -0.25) is 9.59 Å². The van der Waals surface area contributed by atoms with Crippen LogP contribution in [0.1, 0.15) is 72.6 Å². The number of carboxylic acid groups (broad SMARTS) is 1. The van der Waals surface area contributed by atoms with Crippen molar-refractivity contribution in [3.63, 3.8) is 0 Å². The van der Waals surface area contributed by atoms with Gasteiger partial charge < -0.3 is 20.1 Å². The molecule has 1 aliphatic heterocycles. The van der Waals surface area contributed by atoms with Gasteiger partial charge in [-0.25, -0.2) is 22.6 Å². The minimum absolute atomic E-state index is 0.0129. The normalized spacial score (nSPS) is 15.5. The molecule has 1 fully saturated rings. The summed E-state index contributed by atoms with van der Waals surface area (Å²) in [5.41, 5.74) is 2.17. The third-order valence-electron chi connectivity index (χ3n) is 8.81. The number of anilines is 2.